The Kier molecular flexibility index (Phi) is 5.77. The van der Waals surface area contributed by atoms with Crippen LogP contribution in [0.1, 0.15) is 21.6 Å². The first-order valence-corrected chi connectivity index (χ1v) is 9.98. The molecule has 0 aliphatic rings. The lowest BCUT2D eigenvalue weighted by Gasteiger charge is -2.14. The van der Waals surface area contributed by atoms with Crippen LogP contribution in [0.5, 0.6) is 5.75 Å². The number of rotatable bonds is 6. The molecular weight excluding hydrogens is 404 g/mol. The number of hydrogen-bond donors (Lipinski definition) is 0. The minimum atomic E-state index is -0.445. The molecule has 0 radical (unpaired) electrons. The van der Waals surface area contributed by atoms with E-state index in [1.807, 2.05) is 54.6 Å². The van der Waals surface area contributed by atoms with Gasteiger partial charge in [-0.1, -0.05) is 48.5 Å². The van der Waals surface area contributed by atoms with Gasteiger partial charge in [0, 0.05) is 28.8 Å². The molecule has 32 heavy (non-hydrogen) atoms. The first-order chi connectivity index (χ1) is 15.5. The molecule has 0 amide bonds. The van der Waals surface area contributed by atoms with Crippen LogP contribution in [0.25, 0.3) is 28.1 Å². The predicted octanol–water partition coefficient (Wildman–Crippen LogP) is 6.02. The molecule has 0 spiro atoms. The molecule has 0 aliphatic heterocycles. The number of aryl methyl sites for hydroxylation is 1. The number of allylic oxidation sites excluding steroid dienone is 1. The van der Waals surface area contributed by atoms with E-state index in [1.54, 1.807) is 26.2 Å². The fraction of sp³-hybridized carbons (Fsp3) is 0.0769. The Hall–Kier alpha value is -4.32. The number of nitro benzene ring substituents is 1. The summed E-state index contributed by atoms with van der Waals surface area (Å²) in [5, 5.41) is 11.9. The lowest BCUT2D eigenvalue weighted by molar-refractivity contribution is -0.384. The van der Waals surface area contributed by atoms with E-state index in [0.717, 1.165) is 16.9 Å². The van der Waals surface area contributed by atoms with Crippen LogP contribution in [0.15, 0.2) is 78.9 Å². The van der Waals surface area contributed by atoms with Crippen LogP contribution in [0, 0.1) is 17.0 Å². The summed E-state index contributed by atoms with van der Waals surface area (Å²) in [7, 11) is 1.60. The second-order valence-corrected chi connectivity index (χ2v) is 7.24. The summed E-state index contributed by atoms with van der Waals surface area (Å²) in [6.07, 6.45) is 3.23. The SMILES string of the molecule is COc1ccc(/C=C\C(=O)c2c(C)nc3ccc([N+](=O)[O-])cc3c2-c2ccccc2)cc1. The Morgan fingerprint density at radius 2 is 1.75 bits per heavy atom. The topological polar surface area (TPSA) is 82.3 Å². The zero-order valence-corrected chi connectivity index (χ0v) is 17.6. The number of ether oxygens (including phenoxy) is 1. The number of ketones is 1. The molecule has 0 N–H and O–H groups in total. The number of hydrogen-bond acceptors (Lipinski definition) is 5. The smallest absolute Gasteiger partial charge is 0.270 e. The zero-order valence-electron chi connectivity index (χ0n) is 17.6. The number of nitrogens with zero attached hydrogens (tertiary/aromatic N) is 2. The van der Waals surface area contributed by atoms with E-state index >= 15 is 0 Å². The first kappa shape index (κ1) is 20.9. The number of fused-ring (bicyclic) bond motifs is 1. The average molecular weight is 424 g/mol. The van der Waals surface area contributed by atoms with E-state index in [0.29, 0.717) is 27.7 Å². The minimum Gasteiger partial charge on any atom is -0.497 e. The molecule has 0 bridgehead atoms. The lowest BCUT2D eigenvalue weighted by atomic mass is 9.91. The summed E-state index contributed by atoms with van der Waals surface area (Å²) in [4.78, 5) is 28.8. The van der Waals surface area contributed by atoms with E-state index in [4.69, 9.17) is 4.74 Å². The molecule has 158 valence electrons. The highest BCUT2D eigenvalue weighted by Gasteiger charge is 2.20. The molecule has 0 unspecified atom stereocenters. The molecule has 1 aromatic heterocycles. The van der Waals surface area contributed by atoms with Crippen molar-refractivity contribution in [3.05, 3.63) is 106 Å². The van der Waals surface area contributed by atoms with Gasteiger partial charge in [-0.3, -0.25) is 19.9 Å². The molecule has 0 aliphatic carbocycles. The monoisotopic (exact) mass is 424 g/mol. The normalized spacial score (nSPS) is 11.1. The molecule has 4 aromatic rings. The number of carbonyl (C=O) groups excluding carboxylic acids is 1. The van der Waals surface area contributed by atoms with Crippen LogP contribution in [0.4, 0.5) is 5.69 Å². The second kappa shape index (κ2) is 8.81. The highest BCUT2D eigenvalue weighted by Crippen LogP contribution is 2.35. The molecule has 4 rings (SSSR count). The largest absolute Gasteiger partial charge is 0.497 e. The predicted molar refractivity (Wildman–Crippen MR) is 125 cm³/mol. The van der Waals surface area contributed by atoms with Gasteiger partial charge in [0.2, 0.25) is 0 Å². The van der Waals surface area contributed by atoms with Crippen molar-refractivity contribution in [2.24, 2.45) is 0 Å². The van der Waals surface area contributed by atoms with Gasteiger partial charge in [0.15, 0.2) is 5.78 Å². The number of methoxy groups -OCH3 is 1. The number of benzene rings is 3. The summed E-state index contributed by atoms with van der Waals surface area (Å²) in [6.45, 7) is 1.78. The molecule has 6 heteroatoms. The van der Waals surface area contributed by atoms with Crippen LogP contribution >= 0.6 is 0 Å². The highest BCUT2D eigenvalue weighted by atomic mass is 16.6. The van der Waals surface area contributed by atoms with Crippen molar-refractivity contribution >= 4 is 28.4 Å². The lowest BCUT2D eigenvalue weighted by Crippen LogP contribution is -2.05. The standard InChI is InChI=1S/C26H20N2O4/c1-17-25(24(29)15-10-18-8-12-21(32-2)13-9-18)26(19-6-4-3-5-7-19)22-16-20(28(30)31)11-14-23(22)27-17/h3-16H,1-2H3/b15-10-. The van der Waals surface area contributed by atoms with E-state index in [2.05, 4.69) is 4.98 Å². The Labute approximate surface area is 185 Å². The van der Waals surface area contributed by atoms with Crippen molar-refractivity contribution in [2.45, 2.75) is 6.92 Å². The van der Waals surface area contributed by atoms with Gasteiger partial charge >= 0.3 is 0 Å². The molecular formula is C26H20N2O4. The van der Waals surface area contributed by atoms with Gasteiger partial charge in [-0.15, -0.1) is 0 Å². The van der Waals surface area contributed by atoms with Crippen LogP contribution in [0.2, 0.25) is 0 Å². The van der Waals surface area contributed by atoms with Gasteiger partial charge in [-0.05, 0) is 42.3 Å². The Morgan fingerprint density at radius 3 is 2.41 bits per heavy atom. The summed E-state index contributed by atoms with van der Waals surface area (Å²) in [5.74, 6) is 0.508. The summed E-state index contributed by atoms with van der Waals surface area (Å²) < 4.78 is 5.16. The van der Waals surface area contributed by atoms with Crippen LogP contribution in [-0.4, -0.2) is 22.8 Å². The van der Waals surface area contributed by atoms with E-state index in [1.165, 1.54) is 18.2 Å². The minimum absolute atomic E-state index is 0.0486. The molecule has 0 saturated heterocycles. The number of aromatic nitrogens is 1. The van der Waals surface area contributed by atoms with E-state index in [9.17, 15) is 14.9 Å². The number of non-ortho nitro benzene ring substituents is 1. The fourth-order valence-corrected chi connectivity index (χ4v) is 3.66. The van der Waals surface area contributed by atoms with Gasteiger partial charge < -0.3 is 4.74 Å². The molecule has 0 atom stereocenters. The maximum Gasteiger partial charge on any atom is 0.270 e. The third kappa shape index (κ3) is 4.11. The first-order valence-electron chi connectivity index (χ1n) is 9.98. The van der Waals surface area contributed by atoms with Crippen molar-refractivity contribution in [1.82, 2.24) is 4.98 Å². The van der Waals surface area contributed by atoms with E-state index in [-0.39, 0.29) is 11.5 Å². The van der Waals surface area contributed by atoms with Crippen LogP contribution < -0.4 is 4.74 Å². The fourth-order valence-electron chi connectivity index (χ4n) is 3.66. The van der Waals surface area contributed by atoms with Crippen molar-refractivity contribution < 1.29 is 14.5 Å². The maximum absolute atomic E-state index is 13.3. The van der Waals surface area contributed by atoms with Gasteiger partial charge in [-0.25, -0.2) is 0 Å². The van der Waals surface area contributed by atoms with Crippen molar-refractivity contribution in [3.8, 4) is 16.9 Å². The van der Waals surface area contributed by atoms with Gasteiger partial charge in [0.25, 0.3) is 5.69 Å². The van der Waals surface area contributed by atoms with Gasteiger partial charge in [0.1, 0.15) is 5.75 Å². The quantitative estimate of drug-likeness (QED) is 0.163. The van der Waals surface area contributed by atoms with Crippen molar-refractivity contribution in [3.63, 3.8) is 0 Å². The van der Waals surface area contributed by atoms with Crippen molar-refractivity contribution in [2.75, 3.05) is 7.11 Å². The summed E-state index contributed by atoms with van der Waals surface area (Å²) in [5.41, 5.74) is 3.83. The van der Waals surface area contributed by atoms with Crippen molar-refractivity contribution in [1.29, 1.82) is 0 Å². The van der Waals surface area contributed by atoms with Gasteiger partial charge in [-0.2, -0.15) is 0 Å². The Balaban J connectivity index is 1.89. The summed E-state index contributed by atoms with van der Waals surface area (Å²) in [6, 6.07) is 21.3. The van der Waals surface area contributed by atoms with E-state index < -0.39 is 4.92 Å². The number of nitro groups is 1. The second-order valence-electron chi connectivity index (χ2n) is 7.24. The molecule has 0 fully saturated rings. The zero-order chi connectivity index (χ0) is 22.7. The van der Waals surface area contributed by atoms with Gasteiger partial charge in [0.05, 0.1) is 23.1 Å². The van der Waals surface area contributed by atoms with Crippen LogP contribution in [-0.2, 0) is 0 Å². The summed E-state index contributed by atoms with van der Waals surface area (Å²) >= 11 is 0. The Morgan fingerprint density at radius 1 is 1.03 bits per heavy atom. The third-order valence-corrected chi connectivity index (χ3v) is 5.21. The Bertz CT molecular complexity index is 1340. The molecule has 0 saturated carbocycles. The average Bonchev–Trinajstić information content (AvgIpc) is 2.82. The molecule has 6 nitrogen and oxygen atoms in total. The number of carbonyl (C=O) groups is 1. The molecule has 3 aromatic carbocycles. The maximum atomic E-state index is 13.3. The third-order valence-electron chi connectivity index (χ3n) is 5.21. The number of pyridine rings is 1. The molecule has 1 heterocycles. The highest BCUT2D eigenvalue weighted by molar-refractivity contribution is 6.16. The van der Waals surface area contributed by atoms with Crippen LogP contribution in [0.3, 0.4) is 0 Å².